The Bertz CT molecular complexity index is 360. The van der Waals surface area contributed by atoms with Gasteiger partial charge in [-0.25, -0.2) is 4.98 Å². The fourth-order valence-electron chi connectivity index (χ4n) is 2.93. The summed E-state index contributed by atoms with van der Waals surface area (Å²) in [5.41, 5.74) is 6.35. The van der Waals surface area contributed by atoms with Gasteiger partial charge >= 0.3 is 0 Å². The van der Waals surface area contributed by atoms with E-state index in [0.29, 0.717) is 12.1 Å². The van der Waals surface area contributed by atoms with Crippen LogP contribution in [0.3, 0.4) is 0 Å². The number of nitrogens with zero attached hydrogens (tertiary/aromatic N) is 3. The Labute approximate surface area is 110 Å². The lowest BCUT2D eigenvalue weighted by molar-refractivity contribution is 0.170. The van der Waals surface area contributed by atoms with Crippen molar-refractivity contribution in [3.05, 3.63) is 18.2 Å². The number of hydrogen-bond acceptors (Lipinski definition) is 3. The Kier molecular flexibility index (Phi) is 4.78. The number of hydrogen-bond donors (Lipinski definition) is 1. The zero-order chi connectivity index (χ0) is 13.0. The van der Waals surface area contributed by atoms with Crippen molar-refractivity contribution in [1.29, 1.82) is 0 Å². The molecule has 0 bridgehead atoms. The smallest absolute Gasteiger partial charge is 0.122 e. The van der Waals surface area contributed by atoms with Gasteiger partial charge in [-0.1, -0.05) is 25.7 Å². The molecule has 4 nitrogen and oxygen atoms in total. The van der Waals surface area contributed by atoms with Crippen LogP contribution in [0.2, 0.25) is 0 Å². The van der Waals surface area contributed by atoms with E-state index in [1.165, 1.54) is 32.1 Å². The molecule has 2 unspecified atom stereocenters. The summed E-state index contributed by atoms with van der Waals surface area (Å²) in [6, 6.07) is 0.817. The molecule has 0 aliphatic heterocycles. The molecule has 0 saturated heterocycles. The van der Waals surface area contributed by atoms with Crippen LogP contribution in [0.1, 0.15) is 44.3 Å². The molecular formula is C14H26N4. The summed E-state index contributed by atoms with van der Waals surface area (Å²) in [5, 5.41) is 0. The van der Waals surface area contributed by atoms with Gasteiger partial charge in [-0.3, -0.25) is 4.90 Å². The molecule has 0 radical (unpaired) electrons. The molecule has 1 aromatic heterocycles. The van der Waals surface area contributed by atoms with Crippen LogP contribution in [0, 0.1) is 0 Å². The summed E-state index contributed by atoms with van der Waals surface area (Å²) in [6.45, 7) is 0.891. The predicted molar refractivity (Wildman–Crippen MR) is 74.1 cm³/mol. The van der Waals surface area contributed by atoms with Crippen molar-refractivity contribution < 1.29 is 0 Å². The molecule has 102 valence electrons. The van der Waals surface area contributed by atoms with E-state index in [4.69, 9.17) is 5.73 Å². The van der Waals surface area contributed by atoms with Crippen LogP contribution in [-0.4, -0.2) is 33.6 Å². The molecule has 1 fully saturated rings. The standard InChI is InChI=1S/C14H26N4/c1-17-10-9-16-14(17)11-18(2)13-8-6-4-3-5-7-12(13)15/h9-10,12-13H,3-8,11,15H2,1-2H3. The lowest BCUT2D eigenvalue weighted by atomic mass is 9.92. The number of aryl methyl sites for hydroxylation is 1. The van der Waals surface area contributed by atoms with E-state index in [1.807, 2.05) is 19.4 Å². The van der Waals surface area contributed by atoms with E-state index in [2.05, 4.69) is 21.5 Å². The number of nitrogens with two attached hydrogens (primary N) is 1. The quantitative estimate of drug-likeness (QED) is 0.891. The number of rotatable bonds is 3. The van der Waals surface area contributed by atoms with Crippen LogP contribution in [0.25, 0.3) is 0 Å². The first kappa shape index (κ1) is 13.6. The Morgan fingerprint density at radius 2 is 2.06 bits per heavy atom. The highest BCUT2D eigenvalue weighted by atomic mass is 15.2. The fourth-order valence-corrected chi connectivity index (χ4v) is 2.93. The van der Waals surface area contributed by atoms with E-state index in [-0.39, 0.29) is 0 Å². The van der Waals surface area contributed by atoms with Crippen molar-refractivity contribution in [2.24, 2.45) is 12.8 Å². The number of imidazole rings is 1. The van der Waals surface area contributed by atoms with Gasteiger partial charge in [0.25, 0.3) is 0 Å². The lowest BCUT2D eigenvalue weighted by Gasteiger charge is -2.34. The Balaban J connectivity index is 1.97. The molecule has 1 aliphatic carbocycles. The highest BCUT2D eigenvalue weighted by molar-refractivity contribution is 4.93. The van der Waals surface area contributed by atoms with Crippen LogP contribution in [-0.2, 0) is 13.6 Å². The average molecular weight is 250 g/mol. The molecule has 1 saturated carbocycles. The molecule has 1 heterocycles. The van der Waals surface area contributed by atoms with Gasteiger partial charge in [-0.05, 0) is 19.9 Å². The molecular weight excluding hydrogens is 224 g/mol. The summed E-state index contributed by atoms with van der Waals surface area (Å²) in [4.78, 5) is 6.79. The normalized spacial score (nSPS) is 26.0. The van der Waals surface area contributed by atoms with Crippen molar-refractivity contribution in [2.45, 2.75) is 57.2 Å². The first-order valence-corrected chi connectivity index (χ1v) is 7.10. The van der Waals surface area contributed by atoms with Crippen molar-refractivity contribution in [3.8, 4) is 0 Å². The van der Waals surface area contributed by atoms with Gasteiger partial charge in [0, 0.05) is 31.5 Å². The minimum Gasteiger partial charge on any atom is -0.337 e. The molecule has 0 spiro atoms. The van der Waals surface area contributed by atoms with E-state index >= 15 is 0 Å². The third kappa shape index (κ3) is 3.33. The maximum atomic E-state index is 6.35. The molecule has 18 heavy (non-hydrogen) atoms. The molecule has 4 heteroatoms. The van der Waals surface area contributed by atoms with Crippen LogP contribution in [0.5, 0.6) is 0 Å². The van der Waals surface area contributed by atoms with Gasteiger partial charge < -0.3 is 10.3 Å². The van der Waals surface area contributed by atoms with Crippen LogP contribution < -0.4 is 5.73 Å². The highest BCUT2D eigenvalue weighted by Gasteiger charge is 2.23. The Morgan fingerprint density at radius 1 is 1.33 bits per heavy atom. The molecule has 2 atom stereocenters. The molecule has 2 rings (SSSR count). The topological polar surface area (TPSA) is 47.1 Å². The van der Waals surface area contributed by atoms with Crippen molar-refractivity contribution in [1.82, 2.24) is 14.5 Å². The van der Waals surface area contributed by atoms with Gasteiger partial charge in [0.05, 0.1) is 6.54 Å². The third-order valence-electron chi connectivity index (χ3n) is 4.16. The van der Waals surface area contributed by atoms with Gasteiger partial charge in [-0.15, -0.1) is 0 Å². The van der Waals surface area contributed by atoms with Crippen LogP contribution in [0.4, 0.5) is 0 Å². The monoisotopic (exact) mass is 250 g/mol. The molecule has 2 N–H and O–H groups in total. The predicted octanol–water partition coefficient (Wildman–Crippen LogP) is 1.90. The summed E-state index contributed by atoms with van der Waals surface area (Å²) >= 11 is 0. The van der Waals surface area contributed by atoms with Crippen molar-refractivity contribution in [2.75, 3.05) is 7.05 Å². The first-order chi connectivity index (χ1) is 8.68. The zero-order valence-corrected chi connectivity index (χ0v) is 11.7. The summed E-state index contributed by atoms with van der Waals surface area (Å²) in [7, 11) is 4.23. The van der Waals surface area contributed by atoms with Gasteiger partial charge in [0.15, 0.2) is 0 Å². The van der Waals surface area contributed by atoms with E-state index in [1.54, 1.807) is 0 Å². The minimum atomic E-state index is 0.315. The van der Waals surface area contributed by atoms with E-state index < -0.39 is 0 Å². The number of aromatic nitrogens is 2. The second-order valence-electron chi connectivity index (χ2n) is 5.59. The second kappa shape index (κ2) is 6.34. The van der Waals surface area contributed by atoms with Crippen molar-refractivity contribution in [3.63, 3.8) is 0 Å². The van der Waals surface area contributed by atoms with E-state index in [0.717, 1.165) is 18.8 Å². The number of likely N-dealkylation sites (N-methyl/N-ethyl adjacent to an activating group) is 1. The van der Waals surface area contributed by atoms with Gasteiger partial charge in [0.1, 0.15) is 5.82 Å². The third-order valence-corrected chi connectivity index (χ3v) is 4.16. The average Bonchev–Trinajstić information content (AvgIpc) is 2.70. The second-order valence-corrected chi connectivity index (χ2v) is 5.59. The summed E-state index contributed by atoms with van der Waals surface area (Å²) < 4.78 is 2.09. The van der Waals surface area contributed by atoms with Gasteiger partial charge in [-0.2, -0.15) is 0 Å². The molecule has 0 amide bonds. The maximum absolute atomic E-state index is 6.35. The van der Waals surface area contributed by atoms with Crippen LogP contribution in [0.15, 0.2) is 12.4 Å². The first-order valence-electron chi connectivity index (χ1n) is 7.10. The van der Waals surface area contributed by atoms with E-state index in [9.17, 15) is 0 Å². The maximum Gasteiger partial charge on any atom is 0.122 e. The Morgan fingerprint density at radius 3 is 2.72 bits per heavy atom. The van der Waals surface area contributed by atoms with Crippen molar-refractivity contribution >= 4 is 0 Å². The summed E-state index contributed by atoms with van der Waals surface area (Å²) in [5.74, 6) is 1.12. The van der Waals surface area contributed by atoms with Gasteiger partial charge in [0.2, 0.25) is 0 Å². The molecule has 1 aromatic rings. The minimum absolute atomic E-state index is 0.315. The fraction of sp³-hybridized carbons (Fsp3) is 0.786. The molecule has 1 aliphatic rings. The Hall–Kier alpha value is -0.870. The SMILES string of the molecule is CN(Cc1nccn1C)C1CCCCCCC1N. The molecule has 0 aromatic carbocycles. The van der Waals surface area contributed by atoms with Crippen LogP contribution >= 0.6 is 0 Å². The lowest BCUT2D eigenvalue weighted by Crippen LogP contribution is -2.46. The summed E-state index contributed by atoms with van der Waals surface area (Å²) in [6.07, 6.45) is 11.6. The highest BCUT2D eigenvalue weighted by Crippen LogP contribution is 2.21. The largest absolute Gasteiger partial charge is 0.337 e. The zero-order valence-electron chi connectivity index (χ0n) is 11.7.